The van der Waals surface area contributed by atoms with Crippen molar-refractivity contribution in [2.24, 2.45) is 0 Å². The summed E-state index contributed by atoms with van der Waals surface area (Å²) in [6.45, 7) is 3.69. The van der Waals surface area contributed by atoms with Crippen molar-refractivity contribution in [3.8, 4) is 5.69 Å². The van der Waals surface area contributed by atoms with Crippen LogP contribution >= 0.6 is 0 Å². The largest absolute Gasteiger partial charge is 0.322 e. The molecule has 0 bridgehead atoms. The van der Waals surface area contributed by atoms with E-state index in [1.807, 2.05) is 31.2 Å². The lowest BCUT2D eigenvalue weighted by atomic mass is 10.2. The van der Waals surface area contributed by atoms with Crippen LogP contribution in [0.25, 0.3) is 5.69 Å². The van der Waals surface area contributed by atoms with E-state index < -0.39 is 22.3 Å². The summed E-state index contributed by atoms with van der Waals surface area (Å²) in [6.07, 6.45) is 1.43. The SMILES string of the molecule is Cc1ccccc1-n1ncc(C(=O)Nc2ccc(F)c([N+](=O)[O-])c2)c1C. The van der Waals surface area contributed by atoms with Crippen molar-refractivity contribution >= 4 is 17.3 Å². The molecule has 0 radical (unpaired) electrons. The molecule has 1 aromatic heterocycles. The zero-order valence-electron chi connectivity index (χ0n) is 14.1. The number of aromatic nitrogens is 2. The van der Waals surface area contributed by atoms with Gasteiger partial charge in [-0.3, -0.25) is 14.9 Å². The highest BCUT2D eigenvalue weighted by Gasteiger charge is 2.19. The molecule has 0 atom stereocenters. The summed E-state index contributed by atoms with van der Waals surface area (Å²) in [5.74, 6) is -1.44. The molecule has 8 heteroatoms. The number of aryl methyl sites for hydroxylation is 1. The number of nitrogens with one attached hydrogen (secondary N) is 1. The van der Waals surface area contributed by atoms with Gasteiger partial charge in [0.1, 0.15) is 0 Å². The van der Waals surface area contributed by atoms with E-state index in [-0.39, 0.29) is 5.69 Å². The topological polar surface area (TPSA) is 90.1 Å². The van der Waals surface area contributed by atoms with Crippen molar-refractivity contribution in [3.05, 3.63) is 81.4 Å². The fourth-order valence-electron chi connectivity index (χ4n) is 2.61. The van der Waals surface area contributed by atoms with Crippen LogP contribution in [-0.4, -0.2) is 20.6 Å². The van der Waals surface area contributed by atoms with E-state index in [9.17, 15) is 19.3 Å². The Bertz CT molecular complexity index is 1010. The summed E-state index contributed by atoms with van der Waals surface area (Å²) < 4.78 is 15.1. The summed E-state index contributed by atoms with van der Waals surface area (Å²) in [5, 5.41) is 17.6. The van der Waals surface area contributed by atoms with Gasteiger partial charge < -0.3 is 5.32 Å². The molecule has 7 nitrogen and oxygen atoms in total. The second kappa shape index (κ2) is 6.75. The second-order valence-electron chi connectivity index (χ2n) is 5.72. The Hall–Kier alpha value is -3.55. The number of nitro benzene ring substituents is 1. The van der Waals surface area contributed by atoms with Crippen LogP contribution in [0, 0.1) is 29.8 Å². The number of benzene rings is 2. The molecule has 3 rings (SSSR count). The summed E-state index contributed by atoms with van der Waals surface area (Å²) in [4.78, 5) is 22.5. The molecular weight excluding hydrogens is 339 g/mol. The van der Waals surface area contributed by atoms with Gasteiger partial charge in [-0.25, -0.2) is 4.68 Å². The minimum absolute atomic E-state index is 0.131. The molecule has 0 unspecified atom stereocenters. The van der Waals surface area contributed by atoms with Gasteiger partial charge in [-0.05, 0) is 37.6 Å². The molecule has 0 aliphatic carbocycles. The van der Waals surface area contributed by atoms with E-state index in [1.54, 1.807) is 11.6 Å². The third-order valence-electron chi connectivity index (χ3n) is 4.00. The molecule has 0 aliphatic heterocycles. The lowest BCUT2D eigenvalue weighted by Gasteiger charge is -2.09. The maximum atomic E-state index is 13.4. The van der Waals surface area contributed by atoms with Crippen LogP contribution in [0.3, 0.4) is 0 Å². The maximum absolute atomic E-state index is 13.4. The summed E-state index contributed by atoms with van der Waals surface area (Å²) in [7, 11) is 0. The number of nitro groups is 1. The lowest BCUT2D eigenvalue weighted by Crippen LogP contribution is -2.13. The predicted molar refractivity (Wildman–Crippen MR) is 94.0 cm³/mol. The standard InChI is InChI=1S/C18H15FN4O3/c1-11-5-3-4-6-16(11)22-12(2)14(10-20-22)18(24)21-13-7-8-15(19)17(9-13)23(25)26/h3-10H,1-2H3,(H,21,24). The smallest absolute Gasteiger partial charge is 0.306 e. The van der Waals surface area contributed by atoms with E-state index in [0.29, 0.717) is 11.3 Å². The number of hydrogen-bond donors (Lipinski definition) is 1. The van der Waals surface area contributed by atoms with Crippen LogP contribution in [0.2, 0.25) is 0 Å². The monoisotopic (exact) mass is 354 g/mol. The third-order valence-corrected chi connectivity index (χ3v) is 4.00. The van der Waals surface area contributed by atoms with Crippen LogP contribution < -0.4 is 5.32 Å². The Morgan fingerprint density at radius 1 is 1.23 bits per heavy atom. The first kappa shape index (κ1) is 17.3. The van der Waals surface area contributed by atoms with Crippen molar-refractivity contribution in [2.75, 3.05) is 5.32 Å². The Kier molecular flexibility index (Phi) is 4.49. The van der Waals surface area contributed by atoms with Crippen molar-refractivity contribution in [1.29, 1.82) is 0 Å². The summed E-state index contributed by atoms with van der Waals surface area (Å²) in [6, 6.07) is 10.8. The highest BCUT2D eigenvalue weighted by Crippen LogP contribution is 2.23. The second-order valence-corrected chi connectivity index (χ2v) is 5.72. The van der Waals surface area contributed by atoms with Gasteiger partial charge in [-0.2, -0.15) is 9.49 Å². The number of carbonyl (C=O) groups is 1. The van der Waals surface area contributed by atoms with Crippen molar-refractivity contribution < 1.29 is 14.1 Å². The highest BCUT2D eigenvalue weighted by molar-refractivity contribution is 6.05. The molecule has 2 aromatic carbocycles. The molecule has 0 fully saturated rings. The van der Waals surface area contributed by atoms with Gasteiger partial charge in [-0.15, -0.1) is 0 Å². The number of carbonyl (C=O) groups excluding carboxylic acids is 1. The van der Waals surface area contributed by atoms with Crippen molar-refractivity contribution in [2.45, 2.75) is 13.8 Å². The number of rotatable bonds is 4. The number of anilines is 1. The fourth-order valence-corrected chi connectivity index (χ4v) is 2.61. The van der Waals surface area contributed by atoms with Gasteiger partial charge >= 0.3 is 5.69 Å². The summed E-state index contributed by atoms with van der Waals surface area (Å²) >= 11 is 0. The van der Waals surface area contributed by atoms with Gasteiger partial charge in [0, 0.05) is 11.8 Å². The molecule has 1 amide bonds. The zero-order chi connectivity index (χ0) is 18.8. The first-order valence-corrected chi connectivity index (χ1v) is 7.74. The van der Waals surface area contributed by atoms with Crippen LogP contribution in [0.4, 0.5) is 15.8 Å². The number of amides is 1. The first-order chi connectivity index (χ1) is 12.4. The average molecular weight is 354 g/mol. The van der Waals surface area contributed by atoms with Crippen molar-refractivity contribution in [3.63, 3.8) is 0 Å². The van der Waals surface area contributed by atoms with E-state index in [1.165, 1.54) is 12.3 Å². The van der Waals surface area contributed by atoms with Gasteiger partial charge in [0.15, 0.2) is 0 Å². The molecule has 0 saturated heterocycles. The van der Waals surface area contributed by atoms with Gasteiger partial charge in [0.2, 0.25) is 5.82 Å². The number of nitrogens with zero attached hydrogens (tertiary/aromatic N) is 3. The summed E-state index contributed by atoms with van der Waals surface area (Å²) in [5.41, 5.74) is 2.22. The first-order valence-electron chi connectivity index (χ1n) is 7.74. The fraction of sp³-hybridized carbons (Fsp3) is 0.111. The highest BCUT2D eigenvalue weighted by atomic mass is 19.1. The predicted octanol–water partition coefficient (Wildman–Crippen LogP) is 3.79. The third kappa shape index (κ3) is 3.16. The molecule has 1 heterocycles. The minimum atomic E-state index is -0.962. The van der Waals surface area contributed by atoms with Crippen LogP contribution in [0.1, 0.15) is 21.6 Å². The van der Waals surface area contributed by atoms with Crippen LogP contribution in [0.15, 0.2) is 48.7 Å². The quantitative estimate of drug-likeness (QED) is 0.570. The Labute approximate surface area is 148 Å². The molecule has 3 aromatic rings. The molecule has 0 saturated carbocycles. The van der Waals surface area contributed by atoms with Crippen molar-refractivity contribution in [1.82, 2.24) is 9.78 Å². The minimum Gasteiger partial charge on any atom is -0.322 e. The molecule has 26 heavy (non-hydrogen) atoms. The zero-order valence-corrected chi connectivity index (χ0v) is 14.1. The van der Waals surface area contributed by atoms with Gasteiger partial charge in [0.05, 0.1) is 28.1 Å². The van der Waals surface area contributed by atoms with E-state index in [4.69, 9.17) is 0 Å². The number of halogens is 1. The number of hydrogen-bond acceptors (Lipinski definition) is 4. The van der Waals surface area contributed by atoms with Gasteiger partial charge in [0.25, 0.3) is 5.91 Å². The van der Waals surface area contributed by atoms with Crippen LogP contribution in [-0.2, 0) is 0 Å². The molecule has 132 valence electrons. The van der Waals surface area contributed by atoms with Gasteiger partial charge in [-0.1, -0.05) is 18.2 Å². The van der Waals surface area contributed by atoms with E-state index >= 15 is 0 Å². The normalized spacial score (nSPS) is 10.6. The Morgan fingerprint density at radius 3 is 2.65 bits per heavy atom. The Balaban J connectivity index is 1.89. The van der Waals surface area contributed by atoms with E-state index in [0.717, 1.165) is 23.4 Å². The molecule has 0 spiro atoms. The molecule has 1 N–H and O–H groups in total. The Morgan fingerprint density at radius 2 is 1.96 bits per heavy atom. The lowest BCUT2D eigenvalue weighted by molar-refractivity contribution is -0.387. The maximum Gasteiger partial charge on any atom is 0.306 e. The number of para-hydroxylation sites is 1. The van der Waals surface area contributed by atoms with Crippen LogP contribution in [0.5, 0.6) is 0 Å². The molecular formula is C18H15FN4O3. The van der Waals surface area contributed by atoms with E-state index in [2.05, 4.69) is 10.4 Å². The molecule has 0 aliphatic rings. The average Bonchev–Trinajstić information content (AvgIpc) is 2.98.